The lowest BCUT2D eigenvalue weighted by atomic mass is 9.91. The zero-order valence-electron chi connectivity index (χ0n) is 12.0. The topological polar surface area (TPSA) is 45.2 Å². The van der Waals surface area contributed by atoms with Crippen LogP contribution >= 0.6 is 23.2 Å². The van der Waals surface area contributed by atoms with Gasteiger partial charge in [-0.3, -0.25) is 4.79 Å². The van der Waals surface area contributed by atoms with Crippen molar-refractivity contribution in [3.8, 4) is 0 Å². The third-order valence-corrected chi connectivity index (χ3v) is 5.29. The fourth-order valence-electron chi connectivity index (χ4n) is 3.59. The Kier molecular flexibility index (Phi) is 4.38. The normalized spacial score (nSPS) is 28.6. The summed E-state index contributed by atoms with van der Waals surface area (Å²) in [6.07, 6.45) is 4.88. The Balaban J connectivity index is 1.58. The van der Waals surface area contributed by atoms with Crippen LogP contribution in [-0.4, -0.2) is 41.5 Å². The van der Waals surface area contributed by atoms with Gasteiger partial charge in [0.1, 0.15) is 10.8 Å². The van der Waals surface area contributed by atoms with Gasteiger partial charge in [-0.05, 0) is 50.8 Å². The van der Waals surface area contributed by atoms with Crippen LogP contribution in [0.1, 0.15) is 36.2 Å². The quantitative estimate of drug-likeness (QED) is 0.868. The Morgan fingerprint density at radius 1 is 1.33 bits per heavy atom. The van der Waals surface area contributed by atoms with Crippen LogP contribution < -0.4 is 5.32 Å². The van der Waals surface area contributed by atoms with Gasteiger partial charge in [0.2, 0.25) is 0 Å². The van der Waals surface area contributed by atoms with E-state index in [9.17, 15) is 4.79 Å². The smallest absolute Gasteiger partial charge is 0.271 e. The zero-order chi connectivity index (χ0) is 15.0. The Labute approximate surface area is 134 Å². The highest BCUT2D eigenvalue weighted by atomic mass is 35.5. The van der Waals surface area contributed by atoms with Crippen molar-refractivity contribution < 1.29 is 4.79 Å². The lowest BCUT2D eigenvalue weighted by Crippen LogP contribution is -2.43. The van der Waals surface area contributed by atoms with Gasteiger partial charge in [-0.25, -0.2) is 4.98 Å². The predicted octanol–water partition coefficient (Wildman–Crippen LogP) is 2.99. The zero-order valence-corrected chi connectivity index (χ0v) is 13.5. The molecule has 1 aromatic rings. The molecule has 2 bridgehead atoms. The van der Waals surface area contributed by atoms with Crippen molar-refractivity contribution >= 4 is 29.1 Å². The van der Waals surface area contributed by atoms with Gasteiger partial charge in [0.15, 0.2) is 0 Å². The van der Waals surface area contributed by atoms with Gasteiger partial charge in [0.05, 0.1) is 5.02 Å². The van der Waals surface area contributed by atoms with Crippen molar-refractivity contribution in [2.45, 2.75) is 37.8 Å². The molecule has 2 fully saturated rings. The van der Waals surface area contributed by atoms with Crippen LogP contribution in [-0.2, 0) is 0 Å². The van der Waals surface area contributed by atoms with Crippen molar-refractivity contribution in [1.82, 2.24) is 15.2 Å². The third-order valence-electron chi connectivity index (χ3n) is 4.77. The molecule has 3 rings (SSSR count). The average Bonchev–Trinajstić information content (AvgIpc) is 2.69. The van der Waals surface area contributed by atoms with Gasteiger partial charge in [-0.1, -0.05) is 23.2 Å². The second-order valence-corrected chi connectivity index (χ2v) is 6.86. The van der Waals surface area contributed by atoms with Crippen LogP contribution in [0, 0.1) is 5.92 Å². The molecule has 0 aromatic carbocycles. The molecule has 2 saturated heterocycles. The van der Waals surface area contributed by atoms with Crippen LogP contribution in [0.3, 0.4) is 0 Å². The van der Waals surface area contributed by atoms with Crippen LogP contribution in [0.5, 0.6) is 0 Å². The molecule has 2 unspecified atom stereocenters. The highest BCUT2D eigenvalue weighted by Crippen LogP contribution is 2.37. The molecule has 21 heavy (non-hydrogen) atoms. The molecule has 2 atom stereocenters. The Morgan fingerprint density at radius 3 is 2.67 bits per heavy atom. The highest BCUT2D eigenvalue weighted by molar-refractivity contribution is 6.34. The lowest BCUT2D eigenvalue weighted by Gasteiger charge is -2.36. The maximum Gasteiger partial charge on any atom is 0.271 e. The molecule has 0 saturated carbocycles. The number of nitrogens with one attached hydrogen (secondary N) is 1. The van der Waals surface area contributed by atoms with Crippen LogP contribution in [0.2, 0.25) is 10.2 Å². The van der Waals surface area contributed by atoms with Crippen LogP contribution in [0.4, 0.5) is 0 Å². The van der Waals surface area contributed by atoms with Crippen LogP contribution in [0.15, 0.2) is 12.1 Å². The van der Waals surface area contributed by atoms with Gasteiger partial charge in [0.25, 0.3) is 5.91 Å². The number of carbonyl (C=O) groups excluding carboxylic acids is 1. The summed E-state index contributed by atoms with van der Waals surface area (Å²) in [7, 11) is 2.22. The number of hydrogen-bond donors (Lipinski definition) is 1. The van der Waals surface area contributed by atoms with E-state index in [4.69, 9.17) is 23.2 Å². The molecule has 1 aromatic heterocycles. The molecule has 2 aliphatic rings. The van der Waals surface area contributed by atoms with E-state index in [1.54, 1.807) is 12.1 Å². The second kappa shape index (κ2) is 6.11. The van der Waals surface area contributed by atoms with E-state index in [-0.39, 0.29) is 16.8 Å². The number of piperidine rings is 1. The number of rotatable bonds is 3. The standard InChI is InChI=1S/C15H19Cl2N3O/c1-20-10-2-3-11(20)7-9(6-10)8-18-15(21)14-12(16)4-5-13(17)19-14/h4-5,9-11H,2-3,6-8H2,1H3,(H,18,21). The minimum absolute atomic E-state index is 0.208. The van der Waals surface area contributed by atoms with Crippen molar-refractivity contribution in [2.75, 3.05) is 13.6 Å². The van der Waals surface area contributed by atoms with Crippen molar-refractivity contribution in [3.05, 3.63) is 28.0 Å². The number of pyridine rings is 1. The molecule has 3 heterocycles. The molecule has 0 radical (unpaired) electrons. The molecule has 1 N–H and O–H groups in total. The summed E-state index contributed by atoms with van der Waals surface area (Å²) >= 11 is 11.8. The number of aromatic nitrogens is 1. The first-order chi connectivity index (χ1) is 10.0. The number of halogens is 2. The largest absolute Gasteiger partial charge is 0.350 e. The maximum absolute atomic E-state index is 12.2. The molecule has 0 spiro atoms. The third kappa shape index (κ3) is 3.17. The monoisotopic (exact) mass is 327 g/mol. The first-order valence-electron chi connectivity index (χ1n) is 7.36. The van der Waals surface area contributed by atoms with Crippen molar-refractivity contribution in [2.24, 2.45) is 5.92 Å². The first kappa shape index (κ1) is 15.1. The average molecular weight is 328 g/mol. The van der Waals surface area contributed by atoms with E-state index >= 15 is 0 Å². The lowest BCUT2D eigenvalue weighted by molar-refractivity contribution is 0.0913. The molecule has 2 aliphatic heterocycles. The van der Waals surface area contributed by atoms with E-state index in [2.05, 4.69) is 22.2 Å². The van der Waals surface area contributed by atoms with E-state index in [0.717, 1.165) is 12.8 Å². The van der Waals surface area contributed by atoms with Gasteiger partial charge in [-0.15, -0.1) is 0 Å². The molecule has 1 amide bonds. The Bertz CT molecular complexity index is 538. The summed E-state index contributed by atoms with van der Waals surface area (Å²) in [4.78, 5) is 18.7. The van der Waals surface area contributed by atoms with Gasteiger partial charge >= 0.3 is 0 Å². The molecular formula is C15H19Cl2N3O. The first-order valence-corrected chi connectivity index (χ1v) is 8.12. The Hall–Kier alpha value is -0.840. The van der Waals surface area contributed by atoms with E-state index in [0.29, 0.717) is 29.6 Å². The summed E-state index contributed by atoms with van der Waals surface area (Å²) in [6, 6.07) is 4.54. The minimum atomic E-state index is -0.242. The minimum Gasteiger partial charge on any atom is -0.350 e. The maximum atomic E-state index is 12.2. The van der Waals surface area contributed by atoms with Crippen LogP contribution in [0.25, 0.3) is 0 Å². The van der Waals surface area contributed by atoms with Gasteiger partial charge in [0, 0.05) is 18.6 Å². The van der Waals surface area contributed by atoms with E-state index in [1.807, 2.05) is 0 Å². The second-order valence-electron chi connectivity index (χ2n) is 6.06. The summed E-state index contributed by atoms with van der Waals surface area (Å²) in [5.74, 6) is 0.300. The molecule has 4 nitrogen and oxygen atoms in total. The van der Waals surface area contributed by atoms with Gasteiger partial charge in [-0.2, -0.15) is 0 Å². The predicted molar refractivity (Wildman–Crippen MR) is 83.9 cm³/mol. The number of fused-ring (bicyclic) bond motifs is 2. The fourth-order valence-corrected chi connectivity index (χ4v) is 3.93. The highest BCUT2D eigenvalue weighted by Gasteiger charge is 2.38. The number of carbonyl (C=O) groups is 1. The number of hydrogen-bond acceptors (Lipinski definition) is 3. The summed E-state index contributed by atoms with van der Waals surface area (Å²) in [5, 5.41) is 3.57. The Morgan fingerprint density at radius 2 is 2.00 bits per heavy atom. The van der Waals surface area contributed by atoms with Crippen molar-refractivity contribution in [3.63, 3.8) is 0 Å². The summed E-state index contributed by atoms with van der Waals surface area (Å²) in [5.41, 5.74) is 0.208. The van der Waals surface area contributed by atoms with E-state index < -0.39 is 0 Å². The number of amides is 1. The molecule has 6 heteroatoms. The van der Waals surface area contributed by atoms with Gasteiger partial charge < -0.3 is 10.2 Å². The molecule has 114 valence electrons. The molecule has 0 aliphatic carbocycles. The summed E-state index contributed by atoms with van der Waals surface area (Å²) < 4.78 is 0. The number of nitrogens with zero attached hydrogens (tertiary/aromatic N) is 2. The van der Waals surface area contributed by atoms with E-state index in [1.165, 1.54) is 12.8 Å². The van der Waals surface area contributed by atoms with Crippen molar-refractivity contribution in [1.29, 1.82) is 0 Å². The SMILES string of the molecule is CN1C2CCC1CC(CNC(=O)c1nc(Cl)ccc1Cl)C2. The summed E-state index contributed by atoms with van der Waals surface area (Å²) in [6.45, 7) is 0.685. The molecular weight excluding hydrogens is 309 g/mol. The fraction of sp³-hybridized carbons (Fsp3) is 0.600.